The number of para-hydroxylation sites is 1. The lowest BCUT2D eigenvalue weighted by atomic mass is 10.2. The molecule has 1 aromatic heterocycles. The van der Waals surface area contributed by atoms with E-state index in [2.05, 4.69) is 10.4 Å². The summed E-state index contributed by atoms with van der Waals surface area (Å²) in [5.74, 6) is -0.154. The monoisotopic (exact) mass is 281 g/mol. The van der Waals surface area contributed by atoms with Crippen molar-refractivity contribution in [2.24, 2.45) is 0 Å². The molecule has 0 spiro atoms. The number of hydrogen-bond donors (Lipinski definition) is 2. The van der Waals surface area contributed by atoms with Crippen molar-refractivity contribution in [3.63, 3.8) is 0 Å². The summed E-state index contributed by atoms with van der Waals surface area (Å²) in [7, 11) is 0. The molecule has 3 aromatic rings. The molecule has 106 valence electrons. The first-order valence-corrected chi connectivity index (χ1v) is 6.66. The number of carbonyl (C=O) groups is 1. The second kappa shape index (κ2) is 5.76. The molecule has 0 saturated heterocycles. The molecule has 0 atom stereocenters. The maximum atomic E-state index is 12.1. The van der Waals surface area contributed by atoms with E-state index in [1.807, 2.05) is 24.3 Å². The molecule has 0 saturated carbocycles. The average Bonchev–Trinajstić information content (AvgIpc) is 2.91. The number of fused-ring (bicyclic) bond motifs is 1. The zero-order valence-electron chi connectivity index (χ0n) is 11.4. The predicted molar refractivity (Wildman–Crippen MR) is 80.7 cm³/mol. The van der Waals surface area contributed by atoms with Crippen molar-refractivity contribution >= 4 is 22.5 Å². The van der Waals surface area contributed by atoms with Crippen LogP contribution in [0, 0.1) is 0 Å². The molecule has 2 N–H and O–H groups in total. The van der Waals surface area contributed by atoms with Crippen molar-refractivity contribution in [1.82, 2.24) is 9.78 Å². The quantitative estimate of drug-likeness (QED) is 0.770. The molecule has 0 aliphatic carbocycles. The van der Waals surface area contributed by atoms with Crippen LogP contribution >= 0.6 is 0 Å². The van der Waals surface area contributed by atoms with Crippen LogP contribution in [0.25, 0.3) is 10.9 Å². The predicted octanol–water partition coefficient (Wildman–Crippen LogP) is 2.17. The van der Waals surface area contributed by atoms with Crippen molar-refractivity contribution in [2.45, 2.75) is 13.2 Å². The van der Waals surface area contributed by atoms with E-state index in [-0.39, 0.29) is 19.1 Å². The zero-order valence-corrected chi connectivity index (χ0v) is 11.4. The molecule has 0 fully saturated rings. The van der Waals surface area contributed by atoms with Gasteiger partial charge >= 0.3 is 0 Å². The van der Waals surface area contributed by atoms with E-state index >= 15 is 0 Å². The first-order valence-electron chi connectivity index (χ1n) is 6.66. The van der Waals surface area contributed by atoms with Gasteiger partial charge in [0, 0.05) is 11.1 Å². The Bertz CT molecular complexity index is 780. The molecule has 0 aliphatic heterocycles. The topological polar surface area (TPSA) is 67.2 Å². The third-order valence-corrected chi connectivity index (χ3v) is 3.24. The van der Waals surface area contributed by atoms with Crippen LogP contribution < -0.4 is 5.32 Å². The summed E-state index contributed by atoms with van der Waals surface area (Å²) in [6.45, 7) is 0.102. The highest BCUT2D eigenvalue weighted by Crippen LogP contribution is 2.14. The first kappa shape index (κ1) is 13.3. The molecule has 2 aromatic carbocycles. The normalized spacial score (nSPS) is 10.7. The summed E-state index contributed by atoms with van der Waals surface area (Å²) in [6.07, 6.45) is 1.75. The maximum absolute atomic E-state index is 12.1. The number of aliphatic hydroxyl groups is 1. The molecule has 0 unspecified atom stereocenters. The third kappa shape index (κ3) is 2.93. The van der Waals surface area contributed by atoms with Gasteiger partial charge in [-0.15, -0.1) is 0 Å². The van der Waals surface area contributed by atoms with Crippen LogP contribution in [0.5, 0.6) is 0 Å². The Hall–Kier alpha value is -2.66. The first-order chi connectivity index (χ1) is 10.3. The van der Waals surface area contributed by atoms with Gasteiger partial charge in [-0.05, 0) is 23.8 Å². The van der Waals surface area contributed by atoms with E-state index in [0.29, 0.717) is 5.69 Å². The molecule has 21 heavy (non-hydrogen) atoms. The van der Waals surface area contributed by atoms with Gasteiger partial charge in [0.1, 0.15) is 6.54 Å². The lowest BCUT2D eigenvalue weighted by Gasteiger charge is -2.07. The van der Waals surface area contributed by atoms with Crippen LogP contribution in [0.4, 0.5) is 5.69 Å². The zero-order chi connectivity index (χ0) is 14.7. The highest BCUT2D eigenvalue weighted by atomic mass is 16.3. The summed E-state index contributed by atoms with van der Waals surface area (Å²) in [6, 6.07) is 14.9. The second-order valence-corrected chi connectivity index (χ2v) is 4.77. The van der Waals surface area contributed by atoms with E-state index in [0.717, 1.165) is 16.5 Å². The number of carbonyl (C=O) groups excluding carboxylic acids is 1. The minimum Gasteiger partial charge on any atom is -0.392 e. The average molecular weight is 281 g/mol. The van der Waals surface area contributed by atoms with E-state index in [1.165, 1.54) is 0 Å². The number of hydrogen-bond acceptors (Lipinski definition) is 3. The minimum absolute atomic E-state index is 0.0481. The molecule has 0 aliphatic rings. The van der Waals surface area contributed by atoms with Gasteiger partial charge in [-0.1, -0.05) is 30.3 Å². The Balaban J connectivity index is 1.74. The summed E-state index contributed by atoms with van der Waals surface area (Å²) in [5.41, 5.74) is 2.36. The van der Waals surface area contributed by atoms with Crippen LogP contribution in [0.15, 0.2) is 54.7 Å². The van der Waals surface area contributed by atoms with Crippen LogP contribution in [0.1, 0.15) is 5.56 Å². The van der Waals surface area contributed by atoms with Crippen LogP contribution in [-0.2, 0) is 17.9 Å². The highest BCUT2D eigenvalue weighted by Gasteiger charge is 2.07. The van der Waals surface area contributed by atoms with Crippen LogP contribution in [-0.4, -0.2) is 20.8 Å². The second-order valence-electron chi connectivity index (χ2n) is 4.77. The number of aromatic nitrogens is 2. The van der Waals surface area contributed by atoms with Crippen molar-refractivity contribution in [3.05, 3.63) is 60.3 Å². The standard InChI is InChI=1S/C16H15N3O2/c20-11-12-4-3-6-14(8-12)18-16(21)10-19-15-7-2-1-5-13(15)9-17-19/h1-9,20H,10-11H2,(H,18,21). The number of benzene rings is 2. The van der Waals surface area contributed by atoms with E-state index < -0.39 is 0 Å². The molecule has 3 rings (SSSR count). The Morgan fingerprint density at radius 1 is 1.19 bits per heavy atom. The highest BCUT2D eigenvalue weighted by molar-refractivity contribution is 5.91. The van der Waals surface area contributed by atoms with E-state index in [9.17, 15) is 4.79 Å². The van der Waals surface area contributed by atoms with E-state index in [4.69, 9.17) is 5.11 Å². The molecular weight excluding hydrogens is 266 g/mol. The lowest BCUT2D eigenvalue weighted by molar-refractivity contribution is -0.116. The van der Waals surface area contributed by atoms with Gasteiger partial charge < -0.3 is 10.4 Å². The summed E-state index contributed by atoms with van der Waals surface area (Å²) in [5, 5.41) is 17.1. The lowest BCUT2D eigenvalue weighted by Crippen LogP contribution is -2.19. The molecule has 1 amide bonds. The number of anilines is 1. The third-order valence-electron chi connectivity index (χ3n) is 3.24. The maximum Gasteiger partial charge on any atom is 0.246 e. The number of rotatable bonds is 4. The molecule has 1 heterocycles. The fourth-order valence-electron chi connectivity index (χ4n) is 2.24. The Kier molecular flexibility index (Phi) is 3.66. The van der Waals surface area contributed by atoms with Crippen LogP contribution in [0.2, 0.25) is 0 Å². The van der Waals surface area contributed by atoms with E-state index in [1.54, 1.807) is 35.1 Å². The van der Waals surface area contributed by atoms with Crippen molar-refractivity contribution < 1.29 is 9.90 Å². The molecule has 0 radical (unpaired) electrons. The molecule has 0 bridgehead atoms. The van der Waals surface area contributed by atoms with Gasteiger partial charge in [-0.2, -0.15) is 5.10 Å². The van der Waals surface area contributed by atoms with Gasteiger partial charge in [0.05, 0.1) is 18.3 Å². The van der Waals surface area contributed by atoms with Crippen molar-refractivity contribution in [1.29, 1.82) is 0 Å². The SMILES string of the molecule is O=C(Cn1ncc2ccccc21)Nc1cccc(CO)c1. The fraction of sp³-hybridized carbons (Fsp3) is 0.125. The van der Waals surface area contributed by atoms with Gasteiger partial charge in [0.25, 0.3) is 0 Å². The van der Waals surface area contributed by atoms with Gasteiger partial charge in [0.2, 0.25) is 5.91 Å². The summed E-state index contributed by atoms with van der Waals surface area (Å²) in [4.78, 5) is 12.1. The smallest absolute Gasteiger partial charge is 0.246 e. The Morgan fingerprint density at radius 3 is 2.90 bits per heavy atom. The minimum atomic E-state index is -0.154. The van der Waals surface area contributed by atoms with Crippen LogP contribution in [0.3, 0.4) is 0 Å². The molecular formula is C16H15N3O2. The number of nitrogens with zero attached hydrogens (tertiary/aromatic N) is 2. The number of aliphatic hydroxyl groups excluding tert-OH is 1. The molecule has 5 nitrogen and oxygen atoms in total. The Labute approximate surface area is 121 Å². The summed E-state index contributed by atoms with van der Waals surface area (Å²) < 4.78 is 1.67. The van der Waals surface area contributed by atoms with Crippen molar-refractivity contribution in [3.8, 4) is 0 Å². The summed E-state index contributed by atoms with van der Waals surface area (Å²) >= 11 is 0. The van der Waals surface area contributed by atoms with Gasteiger partial charge in [0.15, 0.2) is 0 Å². The van der Waals surface area contributed by atoms with Gasteiger partial charge in [-0.3, -0.25) is 9.48 Å². The fourth-order valence-corrected chi connectivity index (χ4v) is 2.24. The number of amides is 1. The molecule has 5 heteroatoms. The largest absolute Gasteiger partial charge is 0.392 e. The van der Waals surface area contributed by atoms with Gasteiger partial charge in [-0.25, -0.2) is 0 Å². The van der Waals surface area contributed by atoms with Crippen molar-refractivity contribution in [2.75, 3.05) is 5.32 Å². The number of nitrogens with one attached hydrogen (secondary N) is 1. The Morgan fingerprint density at radius 2 is 2.05 bits per heavy atom.